The summed E-state index contributed by atoms with van der Waals surface area (Å²) in [5, 5.41) is 21.4. The van der Waals surface area contributed by atoms with E-state index in [2.05, 4.69) is 5.18 Å². The van der Waals surface area contributed by atoms with E-state index in [-0.39, 0.29) is 37.9 Å². The molecule has 1 atom stereocenters. The molecule has 1 amide bonds. The maximum atomic E-state index is 12.2. The van der Waals surface area contributed by atoms with E-state index in [0.717, 1.165) is 0 Å². The van der Waals surface area contributed by atoms with Gasteiger partial charge < -0.3 is 19.8 Å². The van der Waals surface area contributed by atoms with Crippen molar-refractivity contribution in [3.05, 3.63) is 34.7 Å². The van der Waals surface area contributed by atoms with Gasteiger partial charge in [0.05, 0.1) is 19.3 Å². The Bertz CT molecular complexity index is 435. The van der Waals surface area contributed by atoms with Crippen LogP contribution in [0.2, 0.25) is 0 Å². The Balaban J connectivity index is 2.78. The van der Waals surface area contributed by atoms with Gasteiger partial charge in [0.15, 0.2) is 0 Å². The Labute approximate surface area is 116 Å². The van der Waals surface area contributed by atoms with Gasteiger partial charge in [-0.3, -0.25) is 4.79 Å². The number of rotatable bonds is 8. The van der Waals surface area contributed by atoms with Crippen LogP contribution in [-0.2, 0) is 4.74 Å². The normalized spacial score (nSPS) is 11.9. The molecule has 110 valence electrons. The fourth-order valence-electron chi connectivity index (χ4n) is 1.74. The summed E-state index contributed by atoms with van der Waals surface area (Å²) in [4.78, 5) is 23.9. The average molecular weight is 282 g/mol. The molecule has 1 unspecified atom stereocenters. The number of carbonyl (C=O) groups excluding carboxylic acids is 1. The number of methoxy groups -OCH3 is 1. The minimum absolute atomic E-state index is 0.0565. The zero-order valence-corrected chi connectivity index (χ0v) is 11.2. The number of aliphatic hydroxyl groups excluding tert-OH is 2. The third-order valence-electron chi connectivity index (χ3n) is 2.67. The lowest BCUT2D eigenvalue weighted by Gasteiger charge is -2.24. The van der Waals surface area contributed by atoms with E-state index in [1.165, 1.54) is 36.3 Å². The van der Waals surface area contributed by atoms with Gasteiger partial charge in [0, 0.05) is 25.8 Å². The molecule has 1 aromatic rings. The van der Waals surface area contributed by atoms with E-state index in [9.17, 15) is 14.8 Å². The molecule has 0 spiro atoms. The van der Waals surface area contributed by atoms with E-state index in [0.29, 0.717) is 5.56 Å². The lowest BCUT2D eigenvalue weighted by Crippen LogP contribution is -2.40. The molecule has 0 aromatic heterocycles. The molecular formula is C13H18N2O5. The second kappa shape index (κ2) is 8.36. The molecule has 0 heterocycles. The van der Waals surface area contributed by atoms with E-state index in [1.54, 1.807) is 0 Å². The third kappa shape index (κ3) is 4.69. The topological polar surface area (TPSA) is 99.4 Å². The summed E-state index contributed by atoms with van der Waals surface area (Å²) in [7, 11) is 1.45. The first-order valence-corrected chi connectivity index (χ1v) is 6.13. The molecule has 7 heteroatoms. The quantitative estimate of drug-likeness (QED) is 0.677. The van der Waals surface area contributed by atoms with Gasteiger partial charge in [-0.05, 0) is 29.4 Å². The summed E-state index contributed by atoms with van der Waals surface area (Å²) in [6.45, 7) is 0.0524. The first kappa shape index (κ1) is 16.2. The molecule has 20 heavy (non-hydrogen) atoms. The Kier molecular flexibility index (Phi) is 6.78. The maximum absolute atomic E-state index is 12.2. The van der Waals surface area contributed by atoms with E-state index >= 15 is 0 Å². The average Bonchev–Trinajstić information content (AvgIpc) is 2.46. The molecular weight excluding hydrogens is 264 g/mol. The first-order valence-electron chi connectivity index (χ1n) is 6.13. The Hall–Kier alpha value is -1.83. The number of benzene rings is 1. The van der Waals surface area contributed by atoms with Crippen LogP contribution in [0, 0.1) is 4.91 Å². The van der Waals surface area contributed by atoms with Gasteiger partial charge in [-0.15, -0.1) is 4.91 Å². The van der Waals surface area contributed by atoms with Crippen LogP contribution in [0.15, 0.2) is 29.4 Å². The second-order valence-corrected chi connectivity index (χ2v) is 4.22. The number of nitrogens with zero attached hydrogens (tertiary/aromatic N) is 2. The fourth-order valence-corrected chi connectivity index (χ4v) is 1.74. The van der Waals surface area contributed by atoms with Gasteiger partial charge in [0.1, 0.15) is 5.69 Å². The van der Waals surface area contributed by atoms with E-state index < -0.39 is 6.10 Å². The fraction of sp³-hybridized carbons (Fsp3) is 0.462. The number of hydrogen-bond acceptors (Lipinski definition) is 6. The van der Waals surface area contributed by atoms with Crippen molar-refractivity contribution in [2.75, 3.05) is 33.4 Å². The van der Waals surface area contributed by atoms with Crippen molar-refractivity contribution in [3.63, 3.8) is 0 Å². The minimum Gasteiger partial charge on any atom is -0.395 e. The number of aliphatic hydroxyl groups is 2. The van der Waals surface area contributed by atoms with Crippen LogP contribution in [0.1, 0.15) is 10.4 Å². The summed E-state index contributed by atoms with van der Waals surface area (Å²) < 4.78 is 4.80. The van der Waals surface area contributed by atoms with Crippen LogP contribution in [0.5, 0.6) is 0 Å². The summed E-state index contributed by atoms with van der Waals surface area (Å²) in [6, 6.07) is 5.82. The highest BCUT2D eigenvalue weighted by Gasteiger charge is 2.18. The summed E-state index contributed by atoms with van der Waals surface area (Å²) in [5.41, 5.74) is 0.588. The highest BCUT2D eigenvalue weighted by Crippen LogP contribution is 2.14. The Morgan fingerprint density at radius 3 is 2.55 bits per heavy atom. The smallest absolute Gasteiger partial charge is 0.254 e. The molecule has 0 aliphatic carbocycles. The van der Waals surface area contributed by atoms with Crippen molar-refractivity contribution in [1.82, 2.24) is 4.90 Å². The summed E-state index contributed by atoms with van der Waals surface area (Å²) >= 11 is 0. The van der Waals surface area contributed by atoms with Crippen molar-refractivity contribution in [1.29, 1.82) is 0 Å². The summed E-state index contributed by atoms with van der Waals surface area (Å²) in [6.07, 6.45) is -0.827. The molecule has 0 aliphatic heterocycles. The molecule has 1 rings (SSSR count). The number of nitroso groups, excluding NO2 is 1. The SMILES string of the molecule is COCC(O)CN(CCO)C(=O)c1ccc(N=O)cc1. The maximum Gasteiger partial charge on any atom is 0.254 e. The monoisotopic (exact) mass is 282 g/mol. The van der Waals surface area contributed by atoms with Crippen molar-refractivity contribution in [3.8, 4) is 0 Å². The molecule has 0 saturated carbocycles. The van der Waals surface area contributed by atoms with Crippen LogP contribution in [0.3, 0.4) is 0 Å². The Morgan fingerprint density at radius 1 is 1.40 bits per heavy atom. The van der Waals surface area contributed by atoms with Gasteiger partial charge in [0.2, 0.25) is 0 Å². The highest BCUT2D eigenvalue weighted by atomic mass is 16.5. The van der Waals surface area contributed by atoms with Crippen molar-refractivity contribution >= 4 is 11.6 Å². The van der Waals surface area contributed by atoms with Gasteiger partial charge >= 0.3 is 0 Å². The van der Waals surface area contributed by atoms with E-state index in [4.69, 9.17) is 9.84 Å². The molecule has 0 fully saturated rings. The van der Waals surface area contributed by atoms with Gasteiger partial charge in [-0.2, -0.15) is 0 Å². The number of ether oxygens (including phenoxy) is 1. The zero-order chi connectivity index (χ0) is 15.0. The second-order valence-electron chi connectivity index (χ2n) is 4.22. The molecule has 2 N–H and O–H groups in total. The van der Waals surface area contributed by atoms with Crippen LogP contribution >= 0.6 is 0 Å². The van der Waals surface area contributed by atoms with Crippen LogP contribution in [0.25, 0.3) is 0 Å². The third-order valence-corrected chi connectivity index (χ3v) is 2.67. The predicted molar refractivity (Wildman–Crippen MR) is 72.8 cm³/mol. The number of carbonyl (C=O) groups is 1. The summed E-state index contributed by atoms with van der Waals surface area (Å²) in [5.74, 6) is -0.341. The molecule has 1 aromatic carbocycles. The lowest BCUT2D eigenvalue weighted by atomic mass is 10.1. The minimum atomic E-state index is -0.827. The highest BCUT2D eigenvalue weighted by molar-refractivity contribution is 5.94. The zero-order valence-electron chi connectivity index (χ0n) is 11.2. The van der Waals surface area contributed by atoms with Crippen LogP contribution in [-0.4, -0.2) is 60.5 Å². The number of hydrogen-bond donors (Lipinski definition) is 2. The standard InChI is InChI=1S/C13H18N2O5/c1-20-9-12(17)8-15(6-7-16)13(18)10-2-4-11(14-19)5-3-10/h2-5,12,16-17H,6-9H2,1H3. The van der Waals surface area contributed by atoms with Crippen molar-refractivity contribution < 1.29 is 19.7 Å². The number of amides is 1. The predicted octanol–water partition coefficient (Wildman–Crippen LogP) is 0.526. The largest absolute Gasteiger partial charge is 0.395 e. The molecule has 7 nitrogen and oxygen atoms in total. The van der Waals surface area contributed by atoms with Crippen LogP contribution < -0.4 is 0 Å². The van der Waals surface area contributed by atoms with Gasteiger partial charge in [-0.1, -0.05) is 0 Å². The molecule has 0 radical (unpaired) electrons. The van der Waals surface area contributed by atoms with E-state index in [1.807, 2.05) is 0 Å². The van der Waals surface area contributed by atoms with Crippen LogP contribution in [0.4, 0.5) is 5.69 Å². The molecule has 0 saturated heterocycles. The van der Waals surface area contributed by atoms with Crippen molar-refractivity contribution in [2.45, 2.75) is 6.10 Å². The van der Waals surface area contributed by atoms with Crippen molar-refractivity contribution in [2.24, 2.45) is 5.18 Å². The lowest BCUT2D eigenvalue weighted by molar-refractivity contribution is 0.0297. The molecule has 0 aliphatic rings. The van der Waals surface area contributed by atoms with Gasteiger partial charge in [0.25, 0.3) is 5.91 Å². The molecule has 0 bridgehead atoms. The van der Waals surface area contributed by atoms with Gasteiger partial charge in [-0.25, -0.2) is 0 Å². The Morgan fingerprint density at radius 2 is 2.05 bits per heavy atom. The first-order chi connectivity index (χ1) is 9.62.